The molecule has 7 nitrogen and oxygen atoms in total. The minimum atomic E-state index is -3.90. The highest BCUT2D eigenvalue weighted by molar-refractivity contribution is 9.10. The minimum absolute atomic E-state index is 0.0585. The predicted molar refractivity (Wildman–Crippen MR) is 149 cm³/mol. The van der Waals surface area contributed by atoms with Gasteiger partial charge in [-0.05, 0) is 55.8 Å². The lowest BCUT2D eigenvalue weighted by molar-refractivity contribution is -0.121. The first-order valence-electron chi connectivity index (χ1n) is 11.6. The number of hydrogen-bond donors (Lipinski definition) is 1. The fourth-order valence-corrected chi connectivity index (χ4v) is 5.85. The highest BCUT2D eigenvalue weighted by Gasteiger charge is 2.26. The summed E-state index contributed by atoms with van der Waals surface area (Å²) in [6, 6.07) is 27.2. The van der Waals surface area contributed by atoms with Crippen LogP contribution < -0.4 is 5.43 Å². The Hall–Kier alpha value is -3.53. The minimum Gasteiger partial charge on any atom is -0.318 e. The fraction of sp³-hybridized carbons (Fsp3) is 0.143. The molecule has 37 heavy (non-hydrogen) atoms. The zero-order valence-electron chi connectivity index (χ0n) is 20.5. The SMILES string of the molecule is Cc1cc(/C=N\NC(=O)CN(Cc2ccccc2)S(=O)(=O)c2ccccc2)c(C)n1-c1cccc(Br)c1. The molecular weight excluding hydrogens is 552 g/mol. The number of carbonyl (C=O) groups is 1. The smallest absolute Gasteiger partial charge is 0.255 e. The van der Waals surface area contributed by atoms with Gasteiger partial charge in [-0.3, -0.25) is 4.79 Å². The molecule has 0 bridgehead atoms. The van der Waals surface area contributed by atoms with Crippen molar-refractivity contribution in [2.45, 2.75) is 25.3 Å². The molecule has 0 unspecified atom stereocenters. The third kappa shape index (κ3) is 6.43. The number of rotatable bonds is 9. The zero-order valence-corrected chi connectivity index (χ0v) is 22.9. The second-order valence-corrected chi connectivity index (χ2v) is 11.4. The number of hydrazone groups is 1. The average Bonchev–Trinajstić information content (AvgIpc) is 3.17. The Morgan fingerprint density at radius 2 is 1.65 bits per heavy atom. The van der Waals surface area contributed by atoms with Gasteiger partial charge in [-0.25, -0.2) is 13.8 Å². The third-order valence-corrected chi connectivity index (χ3v) is 8.13. The maximum Gasteiger partial charge on any atom is 0.255 e. The van der Waals surface area contributed by atoms with Crippen molar-refractivity contribution in [2.75, 3.05) is 6.54 Å². The summed E-state index contributed by atoms with van der Waals surface area (Å²) in [6.45, 7) is 3.66. The van der Waals surface area contributed by atoms with Crippen molar-refractivity contribution in [3.8, 4) is 5.69 Å². The lowest BCUT2D eigenvalue weighted by Crippen LogP contribution is -2.39. The summed E-state index contributed by atoms with van der Waals surface area (Å²) in [7, 11) is -3.90. The molecule has 1 heterocycles. The lowest BCUT2D eigenvalue weighted by atomic mass is 10.2. The molecule has 0 saturated heterocycles. The van der Waals surface area contributed by atoms with Crippen LogP contribution in [0.2, 0.25) is 0 Å². The highest BCUT2D eigenvalue weighted by atomic mass is 79.9. The number of carbonyl (C=O) groups excluding carboxylic acids is 1. The van der Waals surface area contributed by atoms with Crippen LogP contribution in [-0.4, -0.2) is 36.0 Å². The van der Waals surface area contributed by atoms with Gasteiger partial charge in [0.05, 0.1) is 17.7 Å². The molecule has 0 aliphatic heterocycles. The van der Waals surface area contributed by atoms with Gasteiger partial charge in [0, 0.05) is 33.7 Å². The Bertz CT molecular complexity index is 1520. The summed E-state index contributed by atoms with van der Waals surface area (Å²) in [5.41, 5.74) is 7.10. The van der Waals surface area contributed by atoms with Gasteiger partial charge in [0.2, 0.25) is 10.0 Å². The summed E-state index contributed by atoms with van der Waals surface area (Å²) in [5, 5.41) is 4.11. The van der Waals surface area contributed by atoms with Gasteiger partial charge in [-0.2, -0.15) is 9.41 Å². The molecule has 3 aromatic carbocycles. The van der Waals surface area contributed by atoms with E-state index in [1.807, 2.05) is 74.5 Å². The summed E-state index contributed by atoms with van der Waals surface area (Å²) in [6.07, 6.45) is 1.57. The molecule has 9 heteroatoms. The topological polar surface area (TPSA) is 83.8 Å². The zero-order chi connectivity index (χ0) is 26.4. The number of nitrogens with zero attached hydrogens (tertiary/aromatic N) is 3. The van der Waals surface area contributed by atoms with Crippen LogP contribution in [0.1, 0.15) is 22.5 Å². The van der Waals surface area contributed by atoms with Crippen LogP contribution in [0.5, 0.6) is 0 Å². The number of sulfonamides is 1. The second kappa shape index (κ2) is 11.7. The van der Waals surface area contributed by atoms with E-state index in [9.17, 15) is 13.2 Å². The van der Waals surface area contributed by atoms with Crippen LogP contribution in [0.15, 0.2) is 105 Å². The summed E-state index contributed by atoms with van der Waals surface area (Å²) < 4.78 is 30.9. The molecule has 0 spiro atoms. The van der Waals surface area contributed by atoms with Gasteiger partial charge in [0.1, 0.15) is 0 Å². The van der Waals surface area contributed by atoms with Crippen LogP contribution in [0.3, 0.4) is 0 Å². The van der Waals surface area contributed by atoms with E-state index in [0.29, 0.717) is 0 Å². The van der Waals surface area contributed by atoms with Gasteiger partial charge >= 0.3 is 0 Å². The lowest BCUT2D eigenvalue weighted by Gasteiger charge is -2.21. The number of nitrogens with one attached hydrogen (secondary N) is 1. The van der Waals surface area contributed by atoms with Gasteiger partial charge < -0.3 is 4.57 Å². The van der Waals surface area contributed by atoms with Crippen LogP contribution in [0.25, 0.3) is 5.69 Å². The monoisotopic (exact) mass is 578 g/mol. The predicted octanol–water partition coefficient (Wildman–Crippen LogP) is 5.20. The van der Waals surface area contributed by atoms with Crippen molar-refractivity contribution in [1.29, 1.82) is 0 Å². The number of hydrogen-bond acceptors (Lipinski definition) is 4. The number of halogens is 1. The average molecular weight is 580 g/mol. The molecule has 0 fully saturated rings. The molecule has 1 amide bonds. The first-order chi connectivity index (χ1) is 17.8. The largest absolute Gasteiger partial charge is 0.318 e. The Morgan fingerprint density at radius 1 is 0.973 bits per heavy atom. The van der Waals surface area contributed by atoms with Crippen molar-refractivity contribution < 1.29 is 13.2 Å². The molecule has 0 radical (unpaired) electrons. The Labute approximate surface area is 225 Å². The Morgan fingerprint density at radius 3 is 2.32 bits per heavy atom. The van der Waals surface area contributed by atoms with Crippen molar-refractivity contribution in [3.63, 3.8) is 0 Å². The number of amides is 1. The Kier molecular flexibility index (Phi) is 8.38. The third-order valence-electron chi connectivity index (χ3n) is 5.83. The quantitative estimate of drug-likeness (QED) is 0.219. The molecular formula is C28H27BrN4O3S. The maximum absolute atomic E-state index is 13.3. The Balaban J connectivity index is 1.50. The van der Waals surface area contributed by atoms with Crippen molar-refractivity contribution in [2.24, 2.45) is 5.10 Å². The van der Waals surface area contributed by atoms with Crippen molar-refractivity contribution >= 4 is 38.1 Å². The maximum atomic E-state index is 13.3. The van der Waals surface area contributed by atoms with E-state index >= 15 is 0 Å². The van der Waals surface area contributed by atoms with Crippen LogP contribution >= 0.6 is 15.9 Å². The van der Waals surface area contributed by atoms with E-state index in [1.165, 1.54) is 12.1 Å². The molecule has 0 aliphatic carbocycles. The number of aromatic nitrogens is 1. The van der Waals surface area contributed by atoms with Gasteiger partial charge in [0.25, 0.3) is 5.91 Å². The molecule has 0 atom stereocenters. The molecule has 4 rings (SSSR count). The second-order valence-electron chi connectivity index (χ2n) is 8.51. The summed E-state index contributed by atoms with van der Waals surface area (Å²) in [5.74, 6) is -0.535. The number of aryl methyl sites for hydroxylation is 1. The molecule has 190 valence electrons. The van der Waals surface area contributed by atoms with Crippen LogP contribution in [0, 0.1) is 13.8 Å². The van der Waals surface area contributed by atoms with E-state index in [1.54, 1.807) is 24.4 Å². The van der Waals surface area contributed by atoms with Crippen molar-refractivity contribution in [1.82, 2.24) is 14.3 Å². The van der Waals surface area contributed by atoms with E-state index < -0.39 is 15.9 Å². The molecule has 4 aromatic rings. The molecule has 0 saturated carbocycles. The van der Waals surface area contributed by atoms with Gasteiger partial charge in [0.15, 0.2) is 0 Å². The van der Waals surface area contributed by atoms with E-state index in [0.717, 1.165) is 37.0 Å². The van der Waals surface area contributed by atoms with Gasteiger partial charge in [-0.1, -0.05) is 70.5 Å². The first kappa shape index (κ1) is 26.5. The summed E-state index contributed by atoms with van der Waals surface area (Å²) >= 11 is 3.51. The van der Waals surface area contributed by atoms with E-state index in [2.05, 4.69) is 31.0 Å². The van der Waals surface area contributed by atoms with Crippen LogP contribution in [-0.2, 0) is 21.4 Å². The van der Waals surface area contributed by atoms with E-state index in [-0.39, 0.29) is 18.0 Å². The fourth-order valence-electron chi connectivity index (χ4n) is 4.05. The normalized spacial score (nSPS) is 11.8. The van der Waals surface area contributed by atoms with Crippen LogP contribution in [0.4, 0.5) is 0 Å². The standard InChI is InChI=1S/C28H27BrN4O3S/c1-21-16-24(22(2)33(21)26-13-9-12-25(29)17-26)18-30-31-28(34)20-32(19-23-10-5-3-6-11-23)37(35,36)27-14-7-4-8-15-27/h3-18H,19-20H2,1-2H3,(H,31,34)/b30-18-. The summed E-state index contributed by atoms with van der Waals surface area (Å²) in [4.78, 5) is 12.9. The first-order valence-corrected chi connectivity index (χ1v) is 13.8. The highest BCUT2D eigenvalue weighted by Crippen LogP contribution is 2.22. The van der Waals surface area contributed by atoms with Gasteiger partial charge in [-0.15, -0.1) is 0 Å². The molecule has 1 N–H and O–H groups in total. The number of benzene rings is 3. The molecule has 0 aliphatic rings. The van der Waals surface area contributed by atoms with Crippen molar-refractivity contribution in [3.05, 3.63) is 118 Å². The van der Waals surface area contributed by atoms with E-state index in [4.69, 9.17) is 0 Å². The molecule has 1 aromatic heterocycles.